The molecule has 0 aliphatic carbocycles. The minimum atomic E-state index is -4.76. The third-order valence-corrected chi connectivity index (χ3v) is 1.87. The number of imidazole rings is 1. The molecule has 0 aliphatic heterocycles. The van der Waals surface area contributed by atoms with Crippen LogP contribution in [0.1, 0.15) is 0 Å². The van der Waals surface area contributed by atoms with Crippen LogP contribution in [0, 0.1) is 0 Å². The lowest BCUT2D eigenvalue weighted by Gasteiger charge is -2.02. The van der Waals surface area contributed by atoms with Crippen molar-refractivity contribution in [3.63, 3.8) is 0 Å². The number of nitrogens with two attached hydrogens (primary N) is 1. The molecule has 0 saturated heterocycles. The Morgan fingerprint density at radius 3 is 2.65 bits per heavy atom. The molecule has 0 fully saturated rings. The summed E-state index contributed by atoms with van der Waals surface area (Å²) in [6, 6.07) is 0. The van der Waals surface area contributed by atoms with Gasteiger partial charge in [-0.15, -0.1) is 0 Å². The van der Waals surface area contributed by atoms with Crippen molar-refractivity contribution in [1.82, 2.24) is 19.5 Å². The zero-order chi connectivity index (χ0) is 12.6. The van der Waals surface area contributed by atoms with Crippen LogP contribution in [0.5, 0.6) is 0 Å². The Morgan fingerprint density at radius 1 is 1.29 bits per heavy atom. The van der Waals surface area contributed by atoms with Crippen molar-refractivity contribution < 1.29 is 17.6 Å². The molecule has 2 aromatic rings. The van der Waals surface area contributed by atoms with Gasteiger partial charge in [0.15, 0.2) is 17.0 Å². The third-order valence-electron chi connectivity index (χ3n) is 1.87. The van der Waals surface area contributed by atoms with Crippen LogP contribution in [0.4, 0.5) is 23.4 Å². The normalized spacial score (nSPS) is 13.3. The first-order valence-electron chi connectivity index (χ1n) is 4.27. The molecule has 2 aromatic heterocycles. The number of fused-ring (bicyclic) bond motifs is 1. The molecule has 90 valence electrons. The Kier molecular flexibility index (Phi) is 2.45. The summed E-state index contributed by atoms with van der Waals surface area (Å²) in [4.78, 5) is 10.8. The molecule has 0 atom stereocenters. The van der Waals surface area contributed by atoms with Crippen molar-refractivity contribution in [1.29, 1.82) is 0 Å². The van der Waals surface area contributed by atoms with E-state index < -0.39 is 18.2 Å². The summed E-state index contributed by atoms with van der Waals surface area (Å²) in [5, 5.41) is 0. The van der Waals surface area contributed by atoms with E-state index in [1.807, 2.05) is 0 Å². The second kappa shape index (κ2) is 3.68. The first kappa shape index (κ1) is 11.3. The number of rotatable bonds is 1. The zero-order valence-electron chi connectivity index (χ0n) is 8.11. The zero-order valence-corrected chi connectivity index (χ0v) is 8.11. The molecule has 0 amide bonds. The predicted molar refractivity (Wildman–Crippen MR) is 51.2 cm³/mol. The minimum Gasteiger partial charge on any atom is -0.382 e. The topological polar surface area (TPSA) is 69.6 Å². The van der Waals surface area contributed by atoms with Crippen molar-refractivity contribution in [3.8, 4) is 0 Å². The van der Waals surface area contributed by atoms with Gasteiger partial charge < -0.3 is 5.73 Å². The van der Waals surface area contributed by atoms with Gasteiger partial charge in [0.25, 0.3) is 0 Å². The summed E-state index contributed by atoms with van der Waals surface area (Å²) in [6.07, 6.45) is -3.39. The van der Waals surface area contributed by atoms with E-state index in [0.717, 1.165) is 12.7 Å². The Labute approximate surface area is 91.6 Å². The maximum absolute atomic E-state index is 13.3. The van der Waals surface area contributed by atoms with Gasteiger partial charge in [-0.05, 0) is 0 Å². The highest BCUT2D eigenvalue weighted by atomic mass is 19.4. The van der Waals surface area contributed by atoms with Crippen molar-refractivity contribution in [2.45, 2.75) is 6.18 Å². The molecule has 2 heterocycles. The summed E-state index contributed by atoms with van der Waals surface area (Å²) >= 11 is 0. The van der Waals surface area contributed by atoms with Crippen LogP contribution in [-0.4, -0.2) is 25.7 Å². The molecular formula is C8H5F4N5. The fraction of sp³-hybridized carbons (Fsp3) is 0.125. The van der Waals surface area contributed by atoms with Crippen LogP contribution in [-0.2, 0) is 0 Å². The van der Waals surface area contributed by atoms with E-state index in [9.17, 15) is 17.6 Å². The lowest BCUT2D eigenvalue weighted by atomic mass is 10.5. The van der Waals surface area contributed by atoms with Gasteiger partial charge in [-0.3, -0.25) is 4.57 Å². The Bertz CT molecular complexity index is 585. The molecule has 9 heteroatoms. The van der Waals surface area contributed by atoms with Gasteiger partial charge in [0.1, 0.15) is 12.7 Å². The Balaban J connectivity index is 2.58. The molecule has 0 radical (unpaired) electrons. The second-order valence-electron chi connectivity index (χ2n) is 3.05. The molecule has 0 spiro atoms. The maximum Gasteiger partial charge on any atom is 0.414 e. The van der Waals surface area contributed by atoms with Gasteiger partial charge >= 0.3 is 6.18 Å². The highest BCUT2D eigenvalue weighted by Crippen LogP contribution is 2.24. The van der Waals surface area contributed by atoms with E-state index in [2.05, 4.69) is 15.0 Å². The molecule has 0 saturated carbocycles. The molecule has 2 N–H and O–H groups in total. The van der Waals surface area contributed by atoms with E-state index in [1.54, 1.807) is 0 Å². The average Bonchev–Trinajstić information content (AvgIpc) is 2.60. The molecule has 0 aliphatic rings. The monoisotopic (exact) mass is 247 g/mol. The second-order valence-corrected chi connectivity index (χ2v) is 3.05. The molecule has 5 nitrogen and oxygen atoms in total. The van der Waals surface area contributed by atoms with Crippen molar-refractivity contribution in [2.24, 2.45) is 0 Å². The van der Waals surface area contributed by atoms with Gasteiger partial charge in [-0.2, -0.15) is 17.6 Å². The van der Waals surface area contributed by atoms with E-state index in [0.29, 0.717) is 4.57 Å². The van der Waals surface area contributed by atoms with Crippen molar-refractivity contribution in [3.05, 3.63) is 18.7 Å². The Morgan fingerprint density at radius 2 is 2.00 bits per heavy atom. The number of halogens is 4. The molecule has 0 unspecified atom stereocenters. The van der Waals surface area contributed by atoms with Crippen LogP contribution in [0.2, 0.25) is 0 Å². The number of allylic oxidation sites excluding steroid dienone is 1. The lowest BCUT2D eigenvalue weighted by molar-refractivity contribution is -0.0801. The molecule has 2 rings (SSSR count). The first-order valence-corrected chi connectivity index (χ1v) is 4.27. The predicted octanol–water partition coefficient (Wildman–Crippen LogP) is 1.74. The highest BCUT2D eigenvalue weighted by molar-refractivity contribution is 5.83. The van der Waals surface area contributed by atoms with E-state index in [4.69, 9.17) is 5.73 Å². The highest BCUT2D eigenvalue weighted by Gasteiger charge is 2.26. The van der Waals surface area contributed by atoms with Gasteiger partial charge in [0, 0.05) is 0 Å². The van der Waals surface area contributed by atoms with Gasteiger partial charge in [-0.1, -0.05) is 0 Å². The quantitative estimate of drug-likeness (QED) is 0.779. The number of aromatic nitrogens is 4. The molecule has 0 aromatic carbocycles. The van der Waals surface area contributed by atoms with Crippen LogP contribution in [0.3, 0.4) is 0 Å². The number of nitrogen functional groups attached to an aromatic ring is 1. The van der Waals surface area contributed by atoms with E-state index >= 15 is 0 Å². The van der Waals surface area contributed by atoms with Crippen LogP contribution in [0.25, 0.3) is 17.1 Å². The molecular weight excluding hydrogens is 242 g/mol. The fourth-order valence-electron chi connectivity index (χ4n) is 1.21. The van der Waals surface area contributed by atoms with E-state index in [1.165, 1.54) is 0 Å². The van der Waals surface area contributed by atoms with Gasteiger partial charge in [-0.25, -0.2) is 15.0 Å². The minimum absolute atomic E-state index is 0.0337. The maximum atomic E-state index is 13.3. The van der Waals surface area contributed by atoms with Crippen LogP contribution in [0.15, 0.2) is 18.7 Å². The van der Waals surface area contributed by atoms with Crippen molar-refractivity contribution >= 4 is 22.9 Å². The number of nitrogens with zero attached hydrogens (tertiary/aromatic N) is 4. The number of hydrogen-bond donors (Lipinski definition) is 1. The summed E-state index contributed by atoms with van der Waals surface area (Å²) in [5.41, 5.74) is 5.32. The average molecular weight is 247 g/mol. The molecule has 17 heavy (non-hydrogen) atoms. The summed E-state index contributed by atoms with van der Waals surface area (Å²) < 4.78 is 49.7. The van der Waals surface area contributed by atoms with Crippen LogP contribution < -0.4 is 5.73 Å². The number of hydrogen-bond acceptors (Lipinski definition) is 4. The third kappa shape index (κ3) is 2.17. The number of anilines is 1. The lowest BCUT2D eigenvalue weighted by Crippen LogP contribution is -2.05. The van der Waals surface area contributed by atoms with E-state index in [-0.39, 0.29) is 17.0 Å². The smallest absolute Gasteiger partial charge is 0.382 e. The van der Waals surface area contributed by atoms with Crippen molar-refractivity contribution in [2.75, 3.05) is 5.73 Å². The van der Waals surface area contributed by atoms with Gasteiger partial charge in [0.05, 0.1) is 6.08 Å². The summed E-state index contributed by atoms with van der Waals surface area (Å²) in [7, 11) is 0. The first-order chi connectivity index (χ1) is 7.88. The summed E-state index contributed by atoms with van der Waals surface area (Å²) in [6.45, 7) is 0. The largest absolute Gasteiger partial charge is 0.414 e. The van der Waals surface area contributed by atoms with Crippen LogP contribution >= 0.6 is 0 Å². The summed E-state index contributed by atoms with van der Waals surface area (Å²) in [5.74, 6) is -1.58. The SMILES string of the molecule is Nc1ncnc2c1ncn2/C(F)=C/C(F)(F)F. The molecule has 0 bridgehead atoms. The number of alkyl halides is 3. The van der Waals surface area contributed by atoms with Gasteiger partial charge in [0.2, 0.25) is 5.95 Å². The standard InChI is InChI=1S/C8H5F4N5/c9-4(1-8(10,11)12)17-3-16-5-6(13)14-2-15-7(5)17/h1-3H,(H2,13,14,15)/b4-1+. The Hall–Kier alpha value is -2.19. The fourth-order valence-corrected chi connectivity index (χ4v) is 1.21.